The molecule has 1 aliphatic rings. The number of carbonyl (C=O) groups excluding carboxylic acids is 1. The van der Waals surface area contributed by atoms with E-state index in [1.54, 1.807) is 0 Å². The summed E-state index contributed by atoms with van der Waals surface area (Å²) in [6, 6.07) is 9.45. The lowest BCUT2D eigenvalue weighted by molar-refractivity contribution is -0.133. The highest BCUT2D eigenvalue weighted by molar-refractivity contribution is 9.10. The summed E-state index contributed by atoms with van der Waals surface area (Å²) in [7, 11) is -1.15. The Morgan fingerprint density at radius 2 is 1.97 bits per heavy atom. The first-order valence-corrected chi connectivity index (χ1v) is 15.8. The van der Waals surface area contributed by atoms with E-state index in [1.807, 2.05) is 23.2 Å². The van der Waals surface area contributed by atoms with Crippen LogP contribution < -0.4 is 0 Å². The first kappa shape index (κ1) is 24.2. The number of hydrogen-bond acceptors (Lipinski definition) is 3. The number of likely N-dealkylation sites (tertiary alicyclic amines) is 1. The number of halogens is 1. The van der Waals surface area contributed by atoms with E-state index in [4.69, 9.17) is 9.72 Å². The summed E-state index contributed by atoms with van der Waals surface area (Å²) in [5.41, 5.74) is 2.15. The first-order valence-electron chi connectivity index (χ1n) is 11.3. The third-order valence-corrected chi connectivity index (χ3v) is 7.93. The molecule has 1 fully saturated rings. The molecule has 3 rings (SSSR count). The average molecular weight is 507 g/mol. The normalized spacial score (nSPS) is 17.0. The Morgan fingerprint density at radius 1 is 1.26 bits per heavy atom. The molecule has 1 unspecified atom stereocenters. The van der Waals surface area contributed by atoms with Crippen molar-refractivity contribution in [2.45, 2.75) is 71.6 Å². The van der Waals surface area contributed by atoms with Crippen LogP contribution in [0.3, 0.4) is 0 Å². The summed E-state index contributed by atoms with van der Waals surface area (Å²) in [5.74, 6) is 1.54. The van der Waals surface area contributed by atoms with Crippen LogP contribution in [-0.2, 0) is 16.3 Å². The third-order valence-electron chi connectivity index (χ3n) is 5.70. The van der Waals surface area contributed by atoms with Crippen molar-refractivity contribution in [2.24, 2.45) is 5.92 Å². The Kier molecular flexibility index (Phi) is 8.16. The maximum atomic E-state index is 12.9. The van der Waals surface area contributed by atoms with Crippen molar-refractivity contribution in [2.75, 3.05) is 13.2 Å². The minimum Gasteiger partial charge on any atom is -0.361 e. The van der Waals surface area contributed by atoms with Gasteiger partial charge in [0.2, 0.25) is 5.91 Å². The molecule has 2 heterocycles. The highest BCUT2D eigenvalue weighted by Crippen LogP contribution is 2.35. The third kappa shape index (κ3) is 6.53. The summed E-state index contributed by atoms with van der Waals surface area (Å²) in [5, 5.41) is 0. The monoisotopic (exact) mass is 505 g/mol. The highest BCUT2D eigenvalue weighted by atomic mass is 79.9. The van der Waals surface area contributed by atoms with Gasteiger partial charge in [0.05, 0.1) is 17.9 Å². The number of aromatic nitrogens is 2. The molecule has 1 saturated heterocycles. The van der Waals surface area contributed by atoms with Crippen LogP contribution in [0.5, 0.6) is 0 Å². The van der Waals surface area contributed by atoms with E-state index in [2.05, 4.69) is 66.1 Å². The van der Waals surface area contributed by atoms with Crippen LogP contribution in [0, 0.1) is 5.92 Å². The Bertz CT molecular complexity index is 874. The fraction of sp³-hybridized carbons (Fsp3) is 0.583. The van der Waals surface area contributed by atoms with Gasteiger partial charge < -0.3 is 14.2 Å². The van der Waals surface area contributed by atoms with E-state index in [-0.39, 0.29) is 11.9 Å². The molecule has 1 aromatic carbocycles. The van der Waals surface area contributed by atoms with Gasteiger partial charge in [-0.15, -0.1) is 0 Å². The summed E-state index contributed by atoms with van der Waals surface area (Å²) >= 11 is 3.52. The SMILES string of the molecule is CC(C)CC(=O)N1CCCC1c1ncc(-c2ccc(Br)cc2)n1COCC[Si](C)(C)C. The Balaban J connectivity index is 1.88. The molecule has 1 atom stereocenters. The molecule has 31 heavy (non-hydrogen) atoms. The van der Waals surface area contributed by atoms with Gasteiger partial charge in [-0.25, -0.2) is 4.98 Å². The van der Waals surface area contributed by atoms with Gasteiger partial charge in [0.25, 0.3) is 0 Å². The van der Waals surface area contributed by atoms with Crippen molar-refractivity contribution in [1.82, 2.24) is 14.5 Å². The molecular formula is C24H36BrN3O2Si. The lowest BCUT2D eigenvalue weighted by atomic mass is 10.1. The Hall–Kier alpha value is -1.44. The fourth-order valence-corrected chi connectivity index (χ4v) is 5.00. The van der Waals surface area contributed by atoms with Gasteiger partial charge in [0.1, 0.15) is 12.6 Å². The van der Waals surface area contributed by atoms with E-state index >= 15 is 0 Å². The van der Waals surface area contributed by atoms with Crippen molar-refractivity contribution >= 4 is 29.9 Å². The second-order valence-electron chi connectivity index (χ2n) is 10.1. The number of carbonyl (C=O) groups is 1. The van der Waals surface area contributed by atoms with Crippen molar-refractivity contribution < 1.29 is 9.53 Å². The van der Waals surface area contributed by atoms with Crippen LogP contribution in [0.1, 0.15) is 45.0 Å². The molecule has 0 saturated carbocycles. The summed E-state index contributed by atoms with van der Waals surface area (Å²) in [6.07, 6.45) is 4.49. The molecule has 2 aromatic rings. The van der Waals surface area contributed by atoms with Crippen LogP contribution in [0.4, 0.5) is 0 Å². The molecule has 1 aliphatic heterocycles. The van der Waals surface area contributed by atoms with E-state index in [0.29, 0.717) is 19.1 Å². The quantitative estimate of drug-likeness (QED) is 0.295. The van der Waals surface area contributed by atoms with Gasteiger partial charge in [0, 0.05) is 32.1 Å². The number of rotatable bonds is 9. The number of benzene rings is 1. The van der Waals surface area contributed by atoms with E-state index in [0.717, 1.165) is 53.6 Å². The summed E-state index contributed by atoms with van der Waals surface area (Å²) in [6.45, 7) is 13.3. The number of hydrogen-bond donors (Lipinski definition) is 0. The lowest BCUT2D eigenvalue weighted by Gasteiger charge is -2.26. The zero-order valence-electron chi connectivity index (χ0n) is 19.5. The molecule has 1 amide bonds. The standard InChI is InChI=1S/C24H36BrN3O2Si/c1-18(2)15-23(29)27-12-6-7-21(27)24-26-16-22(19-8-10-20(25)11-9-19)28(24)17-30-13-14-31(3,4)5/h8-11,16,18,21H,6-7,12-15,17H2,1-5H3. The van der Waals surface area contributed by atoms with Crippen molar-refractivity contribution in [3.8, 4) is 11.3 Å². The van der Waals surface area contributed by atoms with Crippen LogP contribution in [0.2, 0.25) is 25.7 Å². The average Bonchev–Trinajstić information content (AvgIpc) is 3.31. The van der Waals surface area contributed by atoms with E-state index in [1.165, 1.54) is 0 Å². The molecule has 7 heteroatoms. The van der Waals surface area contributed by atoms with E-state index < -0.39 is 8.07 Å². The molecule has 0 aliphatic carbocycles. The van der Waals surface area contributed by atoms with Crippen LogP contribution in [-0.4, -0.2) is 41.6 Å². The second kappa shape index (κ2) is 10.4. The highest BCUT2D eigenvalue weighted by Gasteiger charge is 2.33. The van der Waals surface area contributed by atoms with Crippen LogP contribution in [0.25, 0.3) is 11.3 Å². The molecule has 0 radical (unpaired) electrons. The minimum absolute atomic E-state index is 0.0241. The topological polar surface area (TPSA) is 47.4 Å². The van der Waals surface area contributed by atoms with Gasteiger partial charge in [-0.1, -0.05) is 61.6 Å². The van der Waals surface area contributed by atoms with Gasteiger partial charge >= 0.3 is 0 Å². The van der Waals surface area contributed by atoms with Crippen LogP contribution >= 0.6 is 15.9 Å². The molecule has 1 aromatic heterocycles. The molecule has 0 N–H and O–H groups in total. The predicted molar refractivity (Wildman–Crippen MR) is 133 cm³/mol. The molecule has 0 spiro atoms. The number of imidazole rings is 1. The fourth-order valence-electron chi connectivity index (χ4n) is 3.98. The maximum Gasteiger partial charge on any atom is 0.223 e. The number of ether oxygens (including phenoxy) is 1. The number of nitrogens with zero attached hydrogens (tertiary/aromatic N) is 3. The van der Waals surface area contributed by atoms with E-state index in [9.17, 15) is 4.79 Å². The van der Waals surface area contributed by atoms with Crippen LogP contribution in [0.15, 0.2) is 34.9 Å². The smallest absolute Gasteiger partial charge is 0.223 e. The van der Waals surface area contributed by atoms with Gasteiger partial charge in [-0.3, -0.25) is 4.79 Å². The second-order valence-corrected chi connectivity index (χ2v) is 16.7. The Morgan fingerprint density at radius 3 is 2.61 bits per heavy atom. The lowest BCUT2D eigenvalue weighted by Crippen LogP contribution is -2.33. The van der Waals surface area contributed by atoms with Gasteiger partial charge in [0.15, 0.2) is 0 Å². The van der Waals surface area contributed by atoms with Crippen molar-refractivity contribution in [3.05, 3.63) is 40.8 Å². The largest absolute Gasteiger partial charge is 0.361 e. The molecule has 5 nitrogen and oxygen atoms in total. The zero-order chi connectivity index (χ0) is 22.6. The Labute approximate surface area is 196 Å². The summed E-state index contributed by atoms with van der Waals surface area (Å²) in [4.78, 5) is 19.7. The molecule has 0 bridgehead atoms. The minimum atomic E-state index is -1.15. The van der Waals surface area contributed by atoms with Crippen molar-refractivity contribution in [3.63, 3.8) is 0 Å². The van der Waals surface area contributed by atoms with Gasteiger partial charge in [-0.2, -0.15) is 0 Å². The van der Waals surface area contributed by atoms with Crippen molar-refractivity contribution in [1.29, 1.82) is 0 Å². The first-order chi connectivity index (χ1) is 14.7. The molecule has 170 valence electrons. The predicted octanol–water partition coefficient (Wildman–Crippen LogP) is 6.33. The maximum absolute atomic E-state index is 12.9. The number of amides is 1. The zero-order valence-corrected chi connectivity index (χ0v) is 22.1. The summed E-state index contributed by atoms with van der Waals surface area (Å²) < 4.78 is 9.38. The molecular weight excluding hydrogens is 470 g/mol. The van der Waals surface area contributed by atoms with Gasteiger partial charge in [-0.05, 0) is 42.5 Å².